The van der Waals surface area contributed by atoms with E-state index in [9.17, 15) is 19.8 Å². The Morgan fingerprint density at radius 1 is 0.654 bits per heavy atom. The summed E-state index contributed by atoms with van der Waals surface area (Å²) in [6.07, 6.45) is 8.12. The minimum atomic E-state index is -1.37. The van der Waals surface area contributed by atoms with Crippen LogP contribution in [0, 0.1) is 11.8 Å². The number of quaternary nitrogens is 2. The van der Waals surface area contributed by atoms with Gasteiger partial charge < -0.3 is 28.8 Å². The molecule has 6 aliphatic heterocycles. The van der Waals surface area contributed by atoms with Gasteiger partial charge in [0.05, 0.1) is 53.4 Å². The van der Waals surface area contributed by atoms with Gasteiger partial charge in [0.15, 0.2) is 0 Å². The highest BCUT2D eigenvalue weighted by molar-refractivity contribution is 5.72. The van der Waals surface area contributed by atoms with Crippen molar-refractivity contribution in [2.75, 3.05) is 53.4 Å². The van der Waals surface area contributed by atoms with E-state index in [4.69, 9.17) is 0 Å². The quantitative estimate of drug-likeness (QED) is 0.644. The third-order valence-electron chi connectivity index (χ3n) is 7.00. The molecule has 0 aliphatic carbocycles. The second kappa shape index (κ2) is 9.18. The van der Waals surface area contributed by atoms with Crippen molar-refractivity contribution in [3.63, 3.8) is 0 Å². The zero-order valence-corrected chi connectivity index (χ0v) is 16.6. The summed E-state index contributed by atoms with van der Waals surface area (Å²) >= 11 is 0. The summed E-state index contributed by atoms with van der Waals surface area (Å²) in [7, 11) is 4.82. The fourth-order valence-corrected chi connectivity index (χ4v) is 4.71. The molecule has 0 unspecified atom stereocenters. The molecule has 0 spiro atoms. The van der Waals surface area contributed by atoms with Crippen molar-refractivity contribution >= 4 is 11.9 Å². The Bertz CT molecular complexity index is 407. The molecule has 6 rings (SSSR count). The molecule has 0 aromatic rings. The Morgan fingerprint density at radius 2 is 0.885 bits per heavy atom. The topological polar surface area (TPSA) is 80.3 Å². The van der Waals surface area contributed by atoms with Crippen molar-refractivity contribution in [1.82, 2.24) is 0 Å². The minimum Gasteiger partial charge on any atom is -0.550 e. The molecule has 6 saturated heterocycles. The lowest BCUT2D eigenvalue weighted by Crippen LogP contribution is -2.55. The van der Waals surface area contributed by atoms with Crippen LogP contribution in [0.1, 0.15) is 51.4 Å². The third-order valence-corrected chi connectivity index (χ3v) is 7.00. The van der Waals surface area contributed by atoms with Gasteiger partial charge in [-0.3, -0.25) is 0 Å². The van der Waals surface area contributed by atoms with Crippen LogP contribution in [0.3, 0.4) is 0 Å². The molecular formula is C20H36N2O4. The Hall–Kier alpha value is -1.14. The maximum Gasteiger partial charge on any atom is 0.0787 e. The summed E-state index contributed by atoms with van der Waals surface area (Å²) in [6, 6.07) is 0. The van der Waals surface area contributed by atoms with E-state index >= 15 is 0 Å². The normalized spacial score (nSPS) is 37.0. The van der Waals surface area contributed by atoms with E-state index in [2.05, 4.69) is 14.1 Å². The maximum absolute atomic E-state index is 9.50. The van der Waals surface area contributed by atoms with E-state index in [1.807, 2.05) is 0 Å². The second-order valence-electron chi connectivity index (χ2n) is 9.29. The number of carbonyl (C=O) groups excluding carboxylic acids is 2. The number of hydrogen-bond donors (Lipinski definition) is 0. The van der Waals surface area contributed by atoms with Crippen molar-refractivity contribution in [3.05, 3.63) is 0 Å². The molecule has 0 radical (unpaired) electrons. The summed E-state index contributed by atoms with van der Waals surface area (Å²) in [5.74, 6) is -0.502. The second-order valence-corrected chi connectivity index (χ2v) is 9.29. The van der Waals surface area contributed by atoms with Crippen LogP contribution in [0.5, 0.6) is 0 Å². The van der Waals surface area contributed by atoms with Crippen LogP contribution < -0.4 is 10.2 Å². The van der Waals surface area contributed by atoms with Gasteiger partial charge in [-0.25, -0.2) is 0 Å². The highest BCUT2D eigenvalue weighted by Gasteiger charge is 2.36. The first kappa shape index (κ1) is 21.2. The average Bonchev–Trinajstić information content (AvgIpc) is 2.62. The van der Waals surface area contributed by atoms with Crippen LogP contribution in [0.2, 0.25) is 0 Å². The molecule has 6 aliphatic rings. The first-order valence-electron chi connectivity index (χ1n) is 10.3. The smallest absolute Gasteiger partial charge is 0.0787 e. The molecule has 4 bridgehead atoms. The van der Waals surface area contributed by atoms with E-state index in [1.165, 1.54) is 86.8 Å². The van der Waals surface area contributed by atoms with Crippen molar-refractivity contribution in [1.29, 1.82) is 0 Å². The van der Waals surface area contributed by atoms with Crippen molar-refractivity contribution < 1.29 is 28.8 Å². The predicted molar refractivity (Wildman–Crippen MR) is 95.5 cm³/mol. The van der Waals surface area contributed by atoms with Crippen LogP contribution in [-0.2, 0) is 9.59 Å². The van der Waals surface area contributed by atoms with Crippen LogP contribution in [0.4, 0.5) is 0 Å². The van der Waals surface area contributed by atoms with E-state index in [0.717, 1.165) is 11.8 Å². The van der Waals surface area contributed by atoms with E-state index < -0.39 is 24.8 Å². The lowest BCUT2D eigenvalue weighted by molar-refractivity contribution is -0.924. The molecule has 0 saturated carbocycles. The number of carboxylic acid groups (broad SMARTS) is 2. The Labute approximate surface area is 158 Å². The molecule has 26 heavy (non-hydrogen) atoms. The van der Waals surface area contributed by atoms with Gasteiger partial charge in [0.2, 0.25) is 0 Å². The number of piperidine rings is 6. The molecule has 0 aromatic carbocycles. The number of hydrogen-bond acceptors (Lipinski definition) is 4. The molecule has 6 nitrogen and oxygen atoms in total. The summed E-state index contributed by atoms with van der Waals surface area (Å²) in [6.45, 7) is 8.78. The molecule has 0 amide bonds. The molecular weight excluding hydrogens is 332 g/mol. The van der Waals surface area contributed by atoms with Gasteiger partial charge in [-0.05, 0) is 63.2 Å². The molecule has 0 atom stereocenters. The lowest BCUT2D eigenvalue weighted by Gasteiger charge is -2.46. The SMILES string of the molecule is C[N+]12CCC(CC1)CC2.C[N+]12CCC(CC1)CC2.O=C([O-])CCC(=O)[O-]. The number of nitrogens with zero attached hydrogens (tertiary/aromatic N) is 2. The monoisotopic (exact) mass is 368 g/mol. The molecule has 0 aromatic heterocycles. The fraction of sp³-hybridized carbons (Fsp3) is 0.900. The number of carbonyl (C=O) groups is 2. The van der Waals surface area contributed by atoms with Gasteiger partial charge >= 0.3 is 0 Å². The molecule has 150 valence electrons. The van der Waals surface area contributed by atoms with E-state index in [-0.39, 0.29) is 0 Å². The van der Waals surface area contributed by atoms with Gasteiger partial charge in [0, 0.05) is 11.9 Å². The van der Waals surface area contributed by atoms with Crippen LogP contribution in [0.25, 0.3) is 0 Å². The fourth-order valence-electron chi connectivity index (χ4n) is 4.71. The van der Waals surface area contributed by atoms with Gasteiger partial charge in [-0.15, -0.1) is 0 Å². The van der Waals surface area contributed by atoms with Crippen molar-refractivity contribution in [2.24, 2.45) is 11.8 Å². The van der Waals surface area contributed by atoms with E-state index in [1.54, 1.807) is 0 Å². The zero-order valence-electron chi connectivity index (χ0n) is 16.6. The number of fused-ring (bicyclic) bond motifs is 6. The van der Waals surface area contributed by atoms with Crippen molar-refractivity contribution in [2.45, 2.75) is 51.4 Å². The number of carboxylic acids is 2. The largest absolute Gasteiger partial charge is 0.550 e. The average molecular weight is 369 g/mol. The molecule has 6 fully saturated rings. The standard InChI is InChI=1S/2C8H16N.C4H6O4/c2*1-9-5-2-8(3-6-9)4-7-9;5-3(6)1-2-4(7)8/h2*8H,2-7H2,1H3;1-2H2,(H,5,6)(H,7,8)/q2*+1;/p-2. The van der Waals surface area contributed by atoms with Crippen molar-refractivity contribution in [3.8, 4) is 0 Å². The minimum absolute atomic E-state index is 0.470. The van der Waals surface area contributed by atoms with Gasteiger partial charge in [-0.1, -0.05) is 0 Å². The molecule has 6 heteroatoms. The summed E-state index contributed by atoms with van der Waals surface area (Å²) in [4.78, 5) is 19.0. The van der Waals surface area contributed by atoms with Crippen LogP contribution in [0.15, 0.2) is 0 Å². The van der Waals surface area contributed by atoms with Gasteiger partial charge in [-0.2, -0.15) is 0 Å². The Morgan fingerprint density at radius 3 is 1.00 bits per heavy atom. The Balaban J connectivity index is 0.000000141. The highest BCUT2D eigenvalue weighted by Crippen LogP contribution is 2.32. The molecule has 6 heterocycles. The first-order chi connectivity index (χ1) is 12.2. The van der Waals surface area contributed by atoms with Crippen LogP contribution in [-0.4, -0.2) is 74.3 Å². The van der Waals surface area contributed by atoms with Crippen LogP contribution >= 0.6 is 0 Å². The van der Waals surface area contributed by atoms with Gasteiger partial charge in [0.1, 0.15) is 0 Å². The first-order valence-corrected chi connectivity index (χ1v) is 10.3. The van der Waals surface area contributed by atoms with E-state index in [0.29, 0.717) is 0 Å². The van der Waals surface area contributed by atoms with Gasteiger partial charge in [0.25, 0.3) is 0 Å². The predicted octanol–water partition coefficient (Wildman–Crippen LogP) is -0.240. The summed E-state index contributed by atoms with van der Waals surface area (Å²) in [5, 5.41) is 19.0. The number of aliphatic carboxylic acids is 2. The zero-order chi connectivity index (χ0) is 19.2. The number of rotatable bonds is 3. The maximum atomic E-state index is 9.50. The molecule has 0 N–H and O–H groups in total. The Kier molecular flexibility index (Phi) is 7.47. The lowest BCUT2D eigenvalue weighted by atomic mass is 9.86. The summed E-state index contributed by atoms with van der Waals surface area (Å²) < 4.78 is 2.77. The third kappa shape index (κ3) is 6.88. The summed E-state index contributed by atoms with van der Waals surface area (Å²) in [5.41, 5.74) is 0. The highest BCUT2D eigenvalue weighted by atomic mass is 16.4.